The third kappa shape index (κ3) is 2.38. The number of thioether (sulfide) groups is 1. The summed E-state index contributed by atoms with van der Waals surface area (Å²) in [6, 6.07) is 6.26. The van der Waals surface area contributed by atoms with E-state index in [0.717, 1.165) is 16.5 Å². The number of nitrogens with two attached hydrogens (primary N) is 1. The minimum absolute atomic E-state index is 0.695. The second-order valence-electron chi connectivity index (χ2n) is 4.50. The van der Waals surface area contributed by atoms with Crippen molar-refractivity contribution in [1.82, 2.24) is 9.78 Å². The van der Waals surface area contributed by atoms with Gasteiger partial charge in [-0.2, -0.15) is 5.10 Å². The summed E-state index contributed by atoms with van der Waals surface area (Å²) in [5, 5.41) is 5.56. The van der Waals surface area contributed by atoms with Crippen molar-refractivity contribution in [2.45, 2.75) is 32.7 Å². The molecule has 0 radical (unpaired) electrons. The molecule has 0 aliphatic heterocycles. The zero-order valence-electron chi connectivity index (χ0n) is 11.3. The number of nitrogens with zero attached hydrogens (tertiary/aromatic N) is 2. The van der Waals surface area contributed by atoms with Gasteiger partial charge < -0.3 is 5.73 Å². The number of hydrogen-bond acceptors (Lipinski definition) is 3. The third-order valence-corrected chi connectivity index (χ3v) is 3.64. The highest BCUT2D eigenvalue weighted by molar-refractivity contribution is 7.99. The second-order valence-corrected chi connectivity index (χ2v) is 5.78. The molecule has 0 unspecified atom stereocenters. The first-order valence-corrected chi connectivity index (χ1v) is 7.08. The molecule has 4 heteroatoms. The van der Waals surface area contributed by atoms with E-state index in [1.165, 1.54) is 16.7 Å². The van der Waals surface area contributed by atoms with Crippen LogP contribution >= 0.6 is 11.8 Å². The SMILES string of the molecule is CCSc1cc(N)n(-c2c(C)cc(C)cc2C)n1. The van der Waals surface area contributed by atoms with Gasteiger partial charge in [0.15, 0.2) is 0 Å². The van der Waals surface area contributed by atoms with E-state index in [-0.39, 0.29) is 0 Å². The van der Waals surface area contributed by atoms with Crippen molar-refractivity contribution in [3.63, 3.8) is 0 Å². The van der Waals surface area contributed by atoms with Crippen LogP contribution in [0.5, 0.6) is 0 Å². The highest BCUT2D eigenvalue weighted by Gasteiger charge is 2.12. The average Bonchev–Trinajstić information content (AvgIpc) is 2.59. The topological polar surface area (TPSA) is 43.8 Å². The Labute approximate surface area is 112 Å². The summed E-state index contributed by atoms with van der Waals surface area (Å²) >= 11 is 1.71. The summed E-state index contributed by atoms with van der Waals surface area (Å²) in [6.07, 6.45) is 0. The van der Waals surface area contributed by atoms with Gasteiger partial charge in [-0.05, 0) is 37.7 Å². The van der Waals surface area contributed by atoms with Gasteiger partial charge in [0, 0.05) is 6.07 Å². The minimum Gasteiger partial charge on any atom is -0.384 e. The van der Waals surface area contributed by atoms with Crippen LogP contribution in [-0.4, -0.2) is 15.5 Å². The average molecular weight is 261 g/mol. The smallest absolute Gasteiger partial charge is 0.128 e. The van der Waals surface area contributed by atoms with Crippen molar-refractivity contribution in [3.8, 4) is 5.69 Å². The van der Waals surface area contributed by atoms with Crippen LogP contribution in [0.4, 0.5) is 5.82 Å². The first-order valence-electron chi connectivity index (χ1n) is 6.09. The molecule has 0 saturated heterocycles. The van der Waals surface area contributed by atoms with Crippen LogP contribution in [0.25, 0.3) is 5.69 Å². The summed E-state index contributed by atoms with van der Waals surface area (Å²) in [5.41, 5.74) is 10.8. The van der Waals surface area contributed by atoms with Gasteiger partial charge in [0.1, 0.15) is 10.8 Å². The van der Waals surface area contributed by atoms with E-state index in [1.54, 1.807) is 11.8 Å². The van der Waals surface area contributed by atoms with E-state index in [1.807, 2.05) is 10.7 Å². The Morgan fingerprint density at radius 2 is 1.78 bits per heavy atom. The lowest BCUT2D eigenvalue weighted by atomic mass is 10.1. The van der Waals surface area contributed by atoms with Crippen LogP contribution in [0.15, 0.2) is 23.2 Å². The Kier molecular flexibility index (Phi) is 3.66. The molecule has 0 aliphatic rings. The summed E-state index contributed by atoms with van der Waals surface area (Å²) in [7, 11) is 0. The van der Waals surface area contributed by atoms with E-state index in [2.05, 4.69) is 44.9 Å². The minimum atomic E-state index is 0.695. The van der Waals surface area contributed by atoms with Crippen molar-refractivity contribution < 1.29 is 0 Å². The Balaban J connectivity index is 2.55. The fourth-order valence-electron chi connectivity index (χ4n) is 2.28. The van der Waals surface area contributed by atoms with Crippen LogP contribution in [0.1, 0.15) is 23.6 Å². The van der Waals surface area contributed by atoms with Gasteiger partial charge in [-0.1, -0.05) is 24.6 Å². The maximum Gasteiger partial charge on any atom is 0.128 e. The van der Waals surface area contributed by atoms with E-state index in [9.17, 15) is 0 Å². The van der Waals surface area contributed by atoms with Gasteiger partial charge in [0.05, 0.1) is 5.69 Å². The maximum atomic E-state index is 6.07. The molecule has 1 aromatic heterocycles. The highest BCUT2D eigenvalue weighted by atomic mass is 32.2. The lowest BCUT2D eigenvalue weighted by molar-refractivity contribution is 0.833. The van der Waals surface area contributed by atoms with Crippen molar-refractivity contribution in [3.05, 3.63) is 34.9 Å². The number of aromatic nitrogens is 2. The van der Waals surface area contributed by atoms with Crippen molar-refractivity contribution in [1.29, 1.82) is 0 Å². The summed E-state index contributed by atoms with van der Waals surface area (Å²) in [6.45, 7) is 8.42. The summed E-state index contributed by atoms with van der Waals surface area (Å²) < 4.78 is 1.85. The molecule has 2 N–H and O–H groups in total. The molecule has 18 heavy (non-hydrogen) atoms. The van der Waals surface area contributed by atoms with Gasteiger partial charge in [-0.3, -0.25) is 0 Å². The number of nitrogen functional groups attached to an aromatic ring is 1. The van der Waals surface area contributed by atoms with Gasteiger partial charge in [0.25, 0.3) is 0 Å². The van der Waals surface area contributed by atoms with Gasteiger partial charge >= 0.3 is 0 Å². The fourth-order valence-corrected chi connectivity index (χ4v) is 2.92. The molecule has 0 atom stereocenters. The van der Waals surface area contributed by atoms with Gasteiger partial charge in [-0.15, -0.1) is 11.8 Å². The normalized spacial score (nSPS) is 10.9. The maximum absolute atomic E-state index is 6.07. The van der Waals surface area contributed by atoms with Gasteiger partial charge in [0.2, 0.25) is 0 Å². The molecular weight excluding hydrogens is 242 g/mol. The predicted molar refractivity (Wildman–Crippen MR) is 78.6 cm³/mol. The number of rotatable bonds is 3. The molecule has 96 valence electrons. The van der Waals surface area contributed by atoms with Gasteiger partial charge in [-0.25, -0.2) is 4.68 Å². The van der Waals surface area contributed by atoms with E-state index < -0.39 is 0 Å². The standard InChI is InChI=1S/C14H19N3S/c1-5-18-13-8-12(15)17(16-13)14-10(3)6-9(2)7-11(14)4/h6-8H,5,15H2,1-4H3. The molecular formula is C14H19N3S. The van der Waals surface area contributed by atoms with Crippen molar-refractivity contribution in [2.75, 3.05) is 11.5 Å². The third-order valence-electron chi connectivity index (χ3n) is 2.85. The highest BCUT2D eigenvalue weighted by Crippen LogP contribution is 2.26. The molecule has 0 saturated carbocycles. The molecule has 0 amide bonds. The van der Waals surface area contributed by atoms with Crippen LogP contribution in [0, 0.1) is 20.8 Å². The number of anilines is 1. The first kappa shape index (κ1) is 13.0. The van der Waals surface area contributed by atoms with Crippen molar-refractivity contribution >= 4 is 17.6 Å². The lowest BCUT2D eigenvalue weighted by Crippen LogP contribution is -2.06. The number of aryl methyl sites for hydroxylation is 3. The molecule has 1 heterocycles. The molecule has 0 aliphatic carbocycles. The Morgan fingerprint density at radius 1 is 1.17 bits per heavy atom. The molecule has 2 aromatic rings. The van der Waals surface area contributed by atoms with E-state index >= 15 is 0 Å². The van der Waals surface area contributed by atoms with E-state index in [4.69, 9.17) is 5.73 Å². The first-order chi connectivity index (χ1) is 8.52. The number of hydrogen-bond donors (Lipinski definition) is 1. The van der Waals surface area contributed by atoms with Crippen LogP contribution in [0.2, 0.25) is 0 Å². The Morgan fingerprint density at radius 3 is 2.33 bits per heavy atom. The molecule has 0 bridgehead atoms. The fraction of sp³-hybridized carbons (Fsp3) is 0.357. The van der Waals surface area contributed by atoms with Crippen LogP contribution < -0.4 is 5.73 Å². The molecule has 2 rings (SSSR count). The van der Waals surface area contributed by atoms with Crippen LogP contribution in [0.3, 0.4) is 0 Å². The molecule has 3 nitrogen and oxygen atoms in total. The number of benzene rings is 1. The lowest BCUT2D eigenvalue weighted by Gasteiger charge is -2.12. The monoisotopic (exact) mass is 261 g/mol. The largest absolute Gasteiger partial charge is 0.384 e. The molecule has 0 fully saturated rings. The summed E-state index contributed by atoms with van der Waals surface area (Å²) in [5.74, 6) is 1.70. The second kappa shape index (κ2) is 5.06. The van der Waals surface area contributed by atoms with Crippen molar-refractivity contribution in [2.24, 2.45) is 0 Å². The van der Waals surface area contributed by atoms with Crippen LogP contribution in [-0.2, 0) is 0 Å². The van der Waals surface area contributed by atoms with E-state index in [0.29, 0.717) is 5.82 Å². The molecule has 1 aromatic carbocycles. The Bertz CT molecular complexity index is 549. The zero-order chi connectivity index (χ0) is 13.3. The quantitative estimate of drug-likeness (QED) is 0.860. The molecule has 0 spiro atoms. The predicted octanol–water partition coefficient (Wildman–Crippen LogP) is 3.49. The zero-order valence-corrected chi connectivity index (χ0v) is 12.1. The Hall–Kier alpha value is -1.42. The summed E-state index contributed by atoms with van der Waals surface area (Å²) in [4.78, 5) is 0.